The van der Waals surface area contributed by atoms with Gasteiger partial charge in [-0.3, -0.25) is 4.99 Å². The third kappa shape index (κ3) is 5.25. The summed E-state index contributed by atoms with van der Waals surface area (Å²) >= 11 is 0. The third-order valence-corrected chi connectivity index (χ3v) is 5.26. The number of nitrogens with zero attached hydrogens (tertiary/aromatic N) is 2. The molecule has 1 unspecified atom stereocenters. The van der Waals surface area contributed by atoms with Crippen LogP contribution in [0.4, 0.5) is 4.39 Å². The zero-order valence-corrected chi connectivity index (χ0v) is 15.5. The van der Waals surface area contributed by atoms with Crippen LogP contribution >= 0.6 is 0 Å². The van der Waals surface area contributed by atoms with Crippen LogP contribution in [0.3, 0.4) is 0 Å². The monoisotopic (exact) mass is 343 g/mol. The number of nitrogens with two attached hydrogens (primary N) is 1. The molecule has 0 bridgehead atoms. The van der Waals surface area contributed by atoms with Crippen molar-refractivity contribution in [3.63, 3.8) is 0 Å². The van der Waals surface area contributed by atoms with Crippen molar-refractivity contribution in [3.05, 3.63) is 46.7 Å². The minimum absolute atomic E-state index is 0.0523. The predicted octanol–water partition coefficient (Wildman–Crippen LogP) is 5.14. The molecule has 1 fully saturated rings. The van der Waals surface area contributed by atoms with E-state index in [1.807, 2.05) is 6.07 Å². The van der Waals surface area contributed by atoms with Gasteiger partial charge in [-0.15, -0.1) is 0 Å². The number of rotatable bonds is 9. The molecule has 2 N–H and O–H groups in total. The van der Waals surface area contributed by atoms with E-state index in [9.17, 15) is 0 Å². The van der Waals surface area contributed by atoms with Crippen LogP contribution in [0, 0.1) is 11.7 Å². The first kappa shape index (κ1) is 19.4. The first-order valence-electron chi connectivity index (χ1n) is 9.30. The molecule has 1 aromatic rings. The second-order valence-corrected chi connectivity index (χ2v) is 7.04. The lowest BCUT2D eigenvalue weighted by Crippen LogP contribution is -2.14. The Morgan fingerprint density at radius 2 is 2.20 bits per heavy atom. The standard InChI is InChI=1S/C21H30FN3/c1-4-15(2)8-10-19-18(16-6-5-7-16)11-9-17(21(19)22)12-13-25-20(23)14-24-3/h9,11,13-16H,3-8,10,12,23H2,1-2H3/b20-14-,25-13-. The summed E-state index contributed by atoms with van der Waals surface area (Å²) in [5.41, 5.74) is 8.47. The molecule has 136 valence electrons. The predicted molar refractivity (Wildman–Crippen MR) is 105 cm³/mol. The summed E-state index contributed by atoms with van der Waals surface area (Å²) in [7, 11) is 0. The van der Waals surface area contributed by atoms with Gasteiger partial charge in [0.25, 0.3) is 0 Å². The third-order valence-electron chi connectivity index (χ3n) is 5.26. The van der Waals surface area contributed by atoms with E-state index in [1.165, 1.54) is 31.0 Å². The van der Waals surface area contributed by atoms with Gasteiger partial charge >= 0.3 is 0 Å². The van der Waals surface area contributed by atoms with Crippen LogP contribution in [0.1, 0.15) is 68.6 Å². The molecule has 0 radical (unpaired) electrons. The lowest BCUT2D eigenvalue weighted by atomic mass is 9.76. The van der Waals surface area contributed by atoms with Gasteiger partial charge in [0, 0.05) is 12.6 Å². The van der Waals surface area contributed by atoms with Gasteiger partial charge in [-0.05, 0) is 60.9 Å². The van der Waals surface area contributed by atoms with E-state index in [2.05, 4.69) is 36.6 Å². The summed E-state index contributed by atoms with van der Waals surface area (Å²) in [5, 5.41) is 0. The molecule has 0 spiro atoms. The Morgan fingerprint density at radius 3 is 2.80 bits per heavy atom. The van der Waals surface area contributed by atoms with Crippen LogP contribution in [0.25, 0.3) is 0 Å². The van der Waals surface area contributed by atoms with Crippen molar-refractivity contribution >= 4 is 12.9 Å². The van der Waals surface area contributed by atoms with E-state index in [0.29, 0.717) is 23.8 Å². The lowest BCUT2D eigenvalue weighted by molar-refractivity contribution is 0.411. The molecule has 1 saturated carbocycles. The highest BCUT2D eigenvalue weighted by Crippen LogP contribution is 2.39. The normalized spacial score (nSPS) is 16.8. The molecule has 2 rings (SSSR count). The average Bonchev–Trinajstić information content (AvgIpc) is 2.54. The van der Waals surface area contributed by atoms with Crippen molar-refractivity contribution in [2.75, 3.05) is 0 Å². The van der Waals surface area contributed by atoms with Gasteiger partial charge in [-0.1, -0.05) is 38.8 Å². The summed E-state index contributed by atoms with van der Waals surface area (Å²) in [5.74, 6) is 1.39. The second-order valence-electron chi connectivity index (χ2n) is 7.04. The molecule has 0 amide bonds. The van der Waals surface area contributed by atoms with Crippen molar-refractivity contribution in [1.29, 1.82) is 0 Å². The fourth-order valence-corrected chi connectivity index (χ4v) is 3.17. The van der Waals surface area contributed by atoms with E-state index < -0.39 is 0 Å². The van der Waals surface area contributed by atoms with E-state index in [1.54, 1.807) is 6.21 Å². The van der Waals surface area contributed by atoms with Crippen molar-refractivity contribution in [2.45, 2.75) is 64.7 Å². The maximum absolute atomic E-state index is 15.1. The van der Waals surface area contributed by atoms with Gasteiger partial charge in [0.1, 0.15) is 11.6 Å². The van der Waals surface area contributed by atoms with E-state index >= 15 is 4.39 Å². The summed E-state index contributed by atoms with van der Waals surface area (Å²) in [4.78, 5) is 7.63. The van der Waals surface area contributed by atoms with Crippen LogP contribution in [0.5, 0.6) is 0 Å². The Kier molecular flexibility index (Phi) is 7.35. The zero-order chi connectivity index (χ0) is 18.2. The number of benzene rings is 1. The molecule has 0 aliphatic heterocycles. The number of aliphatic imine (C=N–C) groups is 2. The summed E-state index contributed by atoms with van der Waals surface area (Å²) < 4.78 is 15.1. The molecule has 0 heterocycles. The molecule has 4 heteroatoms. The van der Waals surface area contributed by atoms with Crippen LogP contribution in [0.2, 0.25) is 0 Å². The SMILES string of the molecule is C=N/C=C(N)\N=C/Cc1ccc(C2CCC2)c(CCC(C)CC)c1F. The maximum Gasteiger partial charge on any atom is 0.141 e. The minimum Gasteiger partial charge on any atom is -0.382 e. The minimum atomic E-state index is -0.0523. The second kappa shape index (κ2) is 9.50. The van der Waals surface area contributed by atoms with Crippen molar-refractivity contribution in [2.24, 2.45) is 21.6 Å². The fourth-order valence-electron chi connectivity index (χ4n) is 3.17. The highest BCUT2D eigenvalue weighted by Gasteiger charge is 2.24. The van der Waals surface area contributed by atoms with Crippen molar-refractivity contribution < 1.29 is 4.39 Å². The van der Waals surface area contributed by atoms with Crippen LogP contribution in [0.15, 0.2) is 34.1 Å². The highest BCUT2D eigenvalue weighted by molar-refractivity contribution is 5.63. The molecule has 1 aliphatic rings. The maximum atomic E-state index is 15.1. The Labute approximate surface area is 151 Å². The van der Waals surface area contributed by atoms with E-state index in [4.69, 9.17) is 5.73 Å². The number of hydrogen-bond donors (Lipinski definition) is 1. The number of halogens is 1. The van der Waals surface area contributed by atoms with Gasteiger partial charge in [0.05, 0.1) is 6.20 Å². The average molecular weight is 343 g/mol. The molecule has 1 aliphatic carbocycles. The molecule has 1 aromatic carbocycles. The molecule has 0 saturated heterocycles. The van der Waals surface area contributed by atoms with E-state index in [0.717, 1.165) is 24.8 Å². The van der Waals surface area contributed by atoms with Gasteiger partial charge in [-0.25, -0.2) is 9.38 Å². The molecular weight excluding hydrogens is 313 g/mol. The van der Waals surface area contributed by atoms with Gasteiger partial charge in [0.2, 0.25) is 0 Å². The molecular formula is C21H30FN3. The lowest BCUT2D eigenvalue weighted by Gasteiger charge is -2.29. The molecule has 1 atom stereocenters. The topological polar surface area (TPSA) is 50.7 Å². The zero-order valence-electron chi connectivity index (χ0n) is 15.5. The Bertz CT molecular complexity index is 645. The van der Waals surface area contributed by atoms with Crippen LogP contribution < -0.4 is 5.73 Å². The quantitative estimate of drug-likeness (QED) is 0.620. The van der Waals surface area contributed by atoms with E-state index in [-0.39, 0.29) is 11.6 Å². The van der Waals surface area contributed by atoms with Crippen LogP contribution in [-0.4, -0.2) is 12.9 Å². The van der Waals surface area contributed by atoms with Crippen LogP contribution in [-0.2, 0) is 12.8 Å². The number of hydrogen-bond acceptors (Lipinski definition) is 3. The summed E-state index contributed by atoms with van der Waals surface area (Å²) in [6, 6.07) is 4.04. The molecule has 3 nitrogen and oxygen atoms in total. The fraction of sp³-hybridized carbons (Fsp3) is 0.524. The van der Waals surface area contributed by atoms with Gasteiger partial charge < -0.3 is 5.73 Å². The summed E-state index contributed by atoms with van der Waals surface area (Å²) in [6.45, 7) is 7.76. The van der Waals surface area contributed by atoms with Gasteiger partial charge in [0.15, 0.2) is 0 Å². The Morgan fingerprint density at radius 1 is 1.44 bits per heavy atom. The van der Waals surface area contributed by atoms with Crippen molar-refractivity contribution in [1.82, 2.24) is 0 Å². The molecule has 0 aromatic heterocycles. The van der Waals surface area contributed by atoms with Crippen molar-refractivity contribution in [3.8, 4) is 0 Å². The molecule has 25 heavy (non-hydrogen) atoms. The van der Waals surface area contributed by atoms with Gasteiger partial charge in [-0.2, -0.15) is 0 Å². The smallest absolute Gasteiger partial charge is 0.141 e. The summed E-state index contributed by atoms with van der Waals surface area (Å²) in [6.07, 6.45) is 10.1. The largest absolute Gasteiger partial charge is 0.382 e. The Hall–Kier alpha value is -1.97. The highest BCUT2D eigenvalue weighted by atomic mass is 19.1. The first-order valence-corrected chi connectivity index (χ1v) is 9.30. The first-order chi connectivity index (χ1) is 12.1. The Balaban J connectivity index is 2.20.